The van der Waals surface area contributed by atoms with Crippen LogP contribution in [0.1, 0.15) is 32.1 Å². The number of benzene rings is 1. The normalized spacial score (nSPS) is 12.0. The highest BCUT2D eigenvalue weighted by Crippen LogP contribution is 2.30. The molecule has 0 aliphatic heterocycles. The van der Waals surface area contributed by atoms with Crippen molar-refractivity contribution in [1.82, 2.24) is 0 Å². The average molecular weight is 217 g/mol. The second kappa shape index (κ2) is 3.48. The monoisotopic (exact) mass is 217 g/mol. The Hall–Kier alpha value is -1.57. The van der Waals surface area contributed by atoms with Gasteiger partial charge in [-0.1, -0.05) is 0 Å². The van der Waals surface area contributed by atoms with Crippen LogP contribution in [0.4, 0.5) is 0 Å². The zero-order chi connectivity index (χ0) is 11.9. The first-order chi connectivity index (χ1) is 7.38. The number of phenols is 1. The molecule has 0 saturated heterocycles. The number of hydrogen-bond acceptors (Lipinski definition) is 1. The molecule has 0 radical (unpaired) electrons. The third-order valence-electron chi connectivity index (χ3n) is 2.70. The Morgan fingerprint density at radius 3 is 2.44 bits per heavy atom. The molecule has 2 rings (SSSR count). The van der Waals surface area contributed by atoms with Gasteiger partial charge in [-0.05, 0) is 45.4 Å². The van der Waals surface area contributed by atoms with Crippen LogP contribution in [-0.2, 0) is 5.41 Å². The van der Waals surface area contributed by atoms with E-state index in [4.69, 9.17) is 4.42 Å². The van der Waals surface area contributed by atoms with Gasteiger partial charge in [0.1, 0.15) is 5.75 Å². The van der Waals surface area contributed by atoms with E-state index in [2.05, 4.69) is 33.8 Å². The first-order valence-electron chi connectivity index (χ1n) is 5.45. The Balaban J connectivity index is 2.75. The summed E-state index contributed by atoms with van der Waals surface area (Å²) in [5, 5.41) is 10.5. The predicted molar refractivity (Wildman–Crippen MR) is 65.7 cm³/mol. The van der Waals surface area contributed by atoms with E-state index in [1.54, 1.807) is 12.1 Å². The second-order valence-corrected chi connectivity index (χ2v) is 5.22. The Labute approximate surface area is 95.5 Å². The minimum Gasteiger partial charge on any atom is -0.508 e. The van der Waals surface area contributed by atoms with Crippen molar-refractivity contribution in [3.63, 3.8) is 0 Å². The van der Waals surface area contributed by atoms with E-state index in [1.165, 1.54) is 5.56 Å². The summed E-state index contributed by atoms with van der Waals surface area (Å²) in [6.45, 7) is 8.39. The van der Waals surface area contributed by atoms with E-state index in [0.29, 0.717) is 0 Å². The summed E-state index contributed by atoms with van der Waals surface area (Å²) in [7, 11) is 0. The van der Waals surface area contributed by atoms with Crippen molar-refractivity contribution in [2.75, 3.05) is 0 Å². The number of fused-ring (bicyclic) bond motifs is 1. The maximum atomic E-state index is 9.45. The summed E-state index contributed by atoms with van der Waals surface area (Å²) in [6, 6.07) is 7.30. The van der Waals surface area contributed by atoms with Crippen molar-refractivity contribution in [2.24, 2.45) is 0 Å². The Morgan fingerprint density at radius 2 is 1.81 bits per heavy atom. The van der Waals surface area contributed by atoms with Gasteiger partial charge in [-0.2, -0.15) is 0 Å². The fraction of sp³-hybridized carbons (Fsp3) is 0.357. The molecular formula is C14H17O2+. The number of hydrogen-bond donors (Lipinski definition) is 1. The molecule has 0 spiro atoms. The van der Waals surface area contributed by atoms with Crippen molar-refractivity contribution in [1.29, 1.82) is 0 Å². The fourth-order valence-electron chi connectivity index (χ4n) is 1.71. The molecule has 1 heterocycles. The van der Waals surface area contributed by atoms with Gasteiger partial charge in [-0.3, -0.25) is 0 Å². The summed E-state index contributed by atoms with van der Waals surface area (Å²) >= 11 is 0. The molecule has 0 aliphatic carbocycles. The molecule has 2 heteroatoms. The highest BCUT2D eigenvalue weighted by atomic mass is 16.3. The number of rotatable bonds is 0. The highest BCUT2D eigenvalue weighted by molar-refractivity contribution is 5.81. The van der Waals surface area contributed by atoms with Gasteiger partial charge >= 0.3 is 11.3 Å². The zero-order valence-electron chi connectivity index (χ0n) is 10.2. The molecule has 2 aromatic rings. The summed E-state index contributed by atoms with van der Waals surface area (Å²) < 4.78 is 5.83. The smallest absolute Gasteiger partial charge is 0.364 e. The standard InChI is InChI=1S/C14H16O2/c1-9-7-13(14(2,3)4)16-12-8-10(15)5-6-11(9)12/h5-8H,1-4H3/p+1. The molecule has 84 valence electrons. The first-order valence-corrected chi connectivity index (χ1v) is 5.45. The van der Waals surface area contributed by atoms with Crippen LogP contribution in [0, 0.1) is 6.92 Å². The van der Waals surface area contributed by atoms with Gasteiger partial charge in [0.05, 0.1) is 16.9 Å². The van der Waals surface area contributed by atoms with E-state index in [-0.39, 0.29) is 11.2 Å². The summed E-state index contributed by atoms with van der Waals surface area (Å²) in [5.74, 6) is 1.17. The molecule has 0 amide bonds. The summed E-state index contributed by atoms with van der Waals surface area (Å²) in [5.41, 5.74) is 1.89. The summed E-state index contributed by atoms with van der Waals surface area (Å²) in [6.07, 6.45) is 0. The van der Waals surface area contributed by atoms with Crippen LogP contribution in [0.3, 0.4) is 0 Å². The van der Waals surface area contributed by atoms with Crippen molar-refractivity contribution >= 4 is 11.0 Å². The van der Waals surface area contributed by atoms with E-state index in [1.807, 2.05) is 6.07 Å². The largest absolute Gasteiger partial charge is 0.508 e. The van der Waals surface area contributed by atoms with Crippen LogP contribution in [-0.4, -0.2) is 5.11 Å². The van der Waals surface area contributed by atoms with Gasteiger partial charge in [0.2, 0.25) is 0 Å². The molecule has 0 fully saturated rings. The molecular weight excluding hydrogens is 200 g/mol. The van der Waals surface area contributed by atoms with Crippen molar-refractivity contribution in [3.05, 3.63) is 35.6 Å². The lowest BCUT2D eigenvalue weighted by Gasteiger charge is -2.09. The molecule has 0 bridgehead atoms. The first kappa shape index (κ1) is 10.9. The minimum absolute atomic E-state index is 0.0234. The Morgan fingerprint density at radius 1 is 1.12 bits per heavy atom. The lowest BCUT2D eigenvalue weighted by molar-refractivity contribution is 0.419. The van der Waals surface area contributed by atoms with Crippen LogP contribution in [0.2, 0.25) is 0 Å². The molecule has 0 atom stereocenters. The highest BCUT2D eigenvalue weighted by Gasteiger charge is 2.28. The van der Waals surface area contributed by atoms with Gasteiger partial charge < -0.3 is 5.11 Å². The van der Waals surface area contributed by atoms with Gasteiger partial charge in [0.15, 0.2) is 0 Å². The molecule has 0 saturated carbocycles. The quantitative estimate of drug-likeness (QED) is 0.676. The maximum absolute atomic E-state index is 9.45. The molecule has 16 heavy (non-hydrogen) atoms. The van der Waals surface area contributed by atoms with Crippen LogP contribution in [0.5, 0.6) is 5.75 Å². The zero-order valence-corrected chi connectivity index (χ0v) is 10.2. The van der Waals surface area contributed by atoms with Gasteiger partial charge in [-0.15, -0.1) is 0 Å². The lowest BCUT2D eigenvalue weighted by atomic mass is 9.91. The third-order valence-corrected chi connectivity index (χ3v) is 2.70. The topological polar surface area (TPSA) is 31.5 Å². The Bertz CT molecular complexity index is 536. The van der Waals surface area contributed by atoms with Crippen molar-refractivity contribution < 1.29 is 9.52 Å². The molecule has 1 aromatic carbocycles. The van der Waals surface area contributed by atoms with Crippen molar-refractivity contribution in [3.8, 4) is 5.75 Å². The molecule has 0 unspecified atom stereocenters. The SMILES string of the molecule is Cc1cc(C(C)(C)C)[o+]c2cc(O)ccc12. The third kappa shape index (κ3) is 1.87. The van der Waals surface area contributed by atoms with E-state index in [9.17, 15) is 5.11 Å². The number of phenolic OH excluding ortho intramolecular Hbond substituents is 1. The molecule has 0 aliphatic rings. The molecule has 2 nitrogen and oxygen atoms in total. The van der Waals surface area contributed by atoms with Crippen LogP contribution in [0.25, 0.3) is 11.0 Å². The Kier molecular flexibility index (Phi) is 2.38. The van der Waals surface area contributed by atoms with Crippen LogP contribution in [0.15, 0.2) is 28.7 Å². The van der Waals surface area contributed by atoms with Gasteiger partial charge in [0.25, 0.3) is 0 Å². The minimum atomic E-state index is -0.0234. The predicted octanol–water partition coefficient (Wildman–Crippen LogP) is 4.03. The van der Waals surface area contributed by atoms with E-state index >= 15 is 0 Å². The van der Waals surface area contributed by atoms with Crippen LogP contribution >= 0.6 is 0 Å². The maximum Gasteiger partial charge on any atom is 0.364 e. The van der Waals surface area contributed by atoms with Crippen molar-refractivity contribution in [2.45, 2.75) is 33.1 Å². The molecule has 1 N–H and O–H groups in total. The number of aromatic hydroxyl groups is 1. The van der Waals surface area contributed by atoms with Gasteiger partial charge in [-0.25, -0.2) is 4.42 Å². The average Bonchev–Trinajstić information content (AvgIpc) is 2.15. The fourth-order valence-corrected chi connectivity index (χ4v) is 1.71. The van der Waals surface area contributed by atoms with E-state index < -0.39 is 0 Å². The lowest BCUT2D eigenvalue weighted by Crippen LogP contribution is -2.11. The molecule has 1 aromatic heterocycles. The second-order valence-electron chi connectivity index (χ2n) is 5.22. The summed E-state index contributed by atoms with van der Waals surface area (Å²) in [4.78, 5) is 0. The van der Waals surface area contributed by atoms with Crippen LogP contribution < -0.4 is 0 Å². The van der Waals surface area contributed by atoms with Gasteiger partial charge in [0, 0.05) is 6.07 Å². The number of aryl methyl sites for hydroxylation is 1. The van der Waals surface area contributed by atoms with E-state index in [0.717, 1.165) is 16.7 Å².